The van der Waals surface area contributed by atoms with Gasteiger partial charge in [-0.3, -0.25) is 0 Å². The molecule has 1 fully saturated rings. The van der Waals surface area contributed by atoms with E-state index in [1.807, 2.05) is 0 Å². The van der Waals surface area contributed by atoms with Crippen molar-refractivity contribution in [2.75, 3.05) is 0 Å². The van der Waals surface area contributed by atoms with E-state index in [0.29, 0.717) is 0 Å². The Morgan fingerprint density at radius 2 is 2.10 bits per heavy atom. The molecule has 2 heteroatoms. The SMILES string of the molecule is Cc1nsc(C2CC2)c1C. The van der Waals surface area contributed by atoms with Crippen LogP contribution in [-0.4, -0.2) is 4.37 Å². The quantitative estimate of drug-likeness (QED) is 0.604. The van der Waals surface area contributed by atoms with Gasteiger partial charge in [-0.25, -0.2) is 0 Å². The molecule has 1 heterocycles. The number of hydrogen-bond acceptors (Lipinski definition) is 2. The van der Waals surface area contributed by atoms with E-state index < -0.39 is 0 Å². The van der Waals surface area contributed by atoms with E-state index >= 15 is 0 Å². The molecule has 0 aromatic carbocycles. The van der Waals surface area contributed by atoms with Gasteiger partial charge in [0.25, 0.3) is 0 Å². The second kappa shape index (κ2) is 2.06. The second-order valence-corrected chi connectivity index (χ2v) is 3.84. The van der Waals surface area contributed by atoms with Crippen molar-refractivity contribution in [3.8, 4) is 0 Å². The van der Waals surface area contributed by atoms with Gasteiger partial charge in [-0.2, -0.15) is 4.37 Å². The van der Waals surface area contributed by atoms with Crippen LogP contribution in [0.4, 0.5) is 0 Å². The molecule has 1 saturated carbocycles. The minimum Gasteiger partial charge on any atom is -0.197 e. The van der Waals surface area contributed by atoms with Gasteiger partial charge in [0, 0.05) is 4.88 Å². The van der Waals surface area contributed by atoms with Gasteiger partial charge in [-0.05, 0) is 49.7 Å². The Hall–Kier alpha value is -0.370. The zero-order valence-electron chi connectivity index (χ0n) is 6.35. The van der Waals surface area contributed by atoms with Crippen LogP contribution in [0.25, 0.3) is 0 Å². The summed E-state index contributed by atoms with van der Waals surface area (Å²) in [6.07, 6.45) is 2.78. The summed E-state index contributed by atoms with van der Waals surface area (Å²) >= 11 is 1.70. The third-order valence-electron chi connectivity index (χ3n) is 2.14. The zero-order chi connectivity index (χ0) is 7.14. The summed E-state index contributed by atoms with van der Waals surface area (Å²) in [6.45, 7) is 4.28. The summed E-state index contributed by atoms with van der Waals surface area (Å²) in [5.74, 6) is 0.881. The van der Waals surface area contributed by atoms with Crippen molar-refractivity contribution in [1.29, 1.82) is 0 Å². The Bertz CT molecular complexity index is 248. The lowest BCUT2D eigenvalue weighted by atomic mass is 10.2. The van der Waals surface area contributed by atoms with E-state index in [0.717, 1.165) is 5.92 Å². The first-order valence-electron chi connectivity index (χ1n) is 3.72. The third kappa shape index (κ3) is 0.870. The molecule has 0 aliphatic heterocycles. The summed E-state index contributed by atoms with van der Waals surface area (Å²) in [7, 11) is 0. The summed E-state index contributed by atoms with van der Waals surface area (Å²) in [4.78, 5) is 1.54. The van der Waals surface area contributed by atoms with Crippen molar-refractivity contribution in [2.24, 2.45) is 0 Å². The first-order chi connectivity index (χ1) is 4.79. The highest BCUT2D eigenvalue weighted by Crippen LogP contribution is 2.43. The summed E-state index contributed by atoms with van der Waals surface area (Å²) in [6, 6.07) is 0. The monoisotopic (exact) mass is 153 g/mol. The molecule has 0 bridgehead atoms. The highest BCUT2D eigenvalue weighted by molar-refractivity contribution is 7.06. The van der Waals surface area contributed by atoms with Crippen molar-refractivity contribution in [1.82, 2.24) is 4.37 Å². The van der Waals surface area contributed by atoms with E-state index in [2.05, 4.69) is 18.2 Å². The Labute approximate surface area is 65.3 Å². The van der Waals surface area contributed by atoms with Crippen LogP contribution in [0.1, 0.15) is 34.9 Å². The standard InChI is InChI=1S/C8H11NS/c1-5-6(2)9-10-8(5)7-3-4-7/h7H,3-4H2,1-2H3. The Morgan fingerprint density at radius 1 is 1.40 bits per heavy atom. The summed E-state index contributed by atoms with van der Waals surface area (Å²) in [5, 5.41) is 0. The number of aromatic nitrogens is 1. The van der Waals surface area contributed by atoms with E-state index in [9.17, 15) is 0 Å². The lowest BCUT2D eigenvalue weighted by molar-refractivity contribution is 1.13. The summed E-state index contributed by atoms with van der Waals surface area (Å²) < 4.78 is 4.32. The fourth-order valence-electron chi connectivity index (χ4n) is 1.16. The molecule has 0 saturated heterocycles. The van der Waals surface area contributed by atoms with Gasteiger partial charge in [0.15, 0.2) is 0 Å². The molecule has 1 aliphatic rings. The average Bonchev–Trinajstić information content (AvgIpc) is 2.67. The molecule has 10 heavy (non-hydrogen) atoms. The maximum atomic E-state index is 4.32. The van der Waals surface area contributed by atoms with Crippen LogP contribution < -0.4 is 0 Å². The highest BCUT2D eigenvalue weighted by Gasteiger charge is 2.27. The van der Waals surface area contributed by atoms with Crippen molar-refractivity contribution < 1.29 is 0 Å². The van der Waals surface area contributed by atoms with Crippen molar-refractivity contribution in [3.05, 3.63) is 16.1 Å². The lowest BCUT2D eigenvalue weighted by Gasteiger charge is -1.91. The predicted molar refractivity (Wildman–Crippen MR) is 43.6 cm³/mol. The highest BCUT2D eigenvalue weighted by atomic mass is 32.1. The molecule has 0 radical (unpaired) electrons. The minimum atomic E-state index is 0.881. The van der Waals surface area contributed by atoms with Crippen molar-refractivity contribution >= 4 is 11.5 Å². The molecule has 1 aromatic rings. The van der Waals surface area contributed by atoms with Crippen LogP contribution in [0.15, 0.2) is 0 Å². The molecule has 0 N–H and O–H groups in total. The molecular formula is C8H11NS. The number of aryl methyl sites for hydroxylation is 1. The Morgan fingerprint density at radius 3 is 2.50 bits per heavy atom. The zero-order valence-corrected chi connectivity index (χ0v) is 7.16. The van der Waals surface area contributed by atoms with Crippen LogP contribution in [0.2, 0.25) is 0 Å². The van der Waals surface area contributed by atoms with E-state index in [4.69, 9.17) is 0 Å². The number of nitrogens with zero attached hydrogens (tertiary/aromatic N) is 1. The first kappa shape index (κ1) is 6.35. The van der Waals surface area contributed by atoms with Gasteiger partial charge in [0.05, 0.1) is 5.69 Å². The molecule has 0 atom stereocenters. The van der Waals surface area contributed by atoms with Gasteiger partial charge < -0.3 is 0 Å². The molecule has 0 unspecified atom stereocenters. The largest absolute Gasteiger partial charge is 0.197 e. The first-order valence-corrected chi connectivity index (χ1v) is 4.49. The fourth-order valence-corrected chi connectivity index (χ4v) is 2.20. The van der Waals surface area contributed by atoms with Crippen LogP contribution in [-0.2, 0) is 0 Å². The maximum Gasteiger partial charge on any atom is 0.0543 e. The van der Waals surface area contributed by atoms with Crippen molar-refractivity contribution in [2.45, 2.75) is 32.6 Å². The van der Waals surface area contributed by atoms with Crippen LogP contribution in [0.5, 0.6) is 0 Å². The molecular weight excluding hydrogens is 142 g/mol. The topological polar surface area (TPSA) is 12.9 Å². The van der Waals surface area contributed by atoms with Crippen LogP contribution >= 0.6 is 11.5 Å². The normalized spacial score (nSPS) is 17.8. The summed E-state index contributed by atoms with van der Waals surface area (Å²) in [5.41, 5.74) is 2.67. The molecule has 1 aromatic heterocycles. The van der Waals surface area contributed by atoms with Gasteiger partial charge in [0.2, 0.25) is 0 Å². The molecule has 54 valence electrons. The number of rotatable bonds is 1. The second-order valence-electron chi connectivity index (χ2n) is 3.03. The van der Waals surface area contributed by atoms with E-state index in [1.54, 1.807) is 11.5 Å². The number of hydrogen-bond donors (Lipinski definition) is 0. The predicted octanol–water partition coefficient (Wildman–Crippen LogP) is 2.64. The van der Waals surface area contributed by atoms with E-state index in [1.165, 1.54) is 29.0 Å². The van der Waals surface area contributed by atoms with Gasteiger partial charge in [-0.15, -0.1) is 0 Å². The smallest absolute Gasteiger partial charge is 0.0543 e. The van der Waals surface area contributed by atoms with Gasteiger partial charge >= 0.3 is 0 Å². The molecule has 0 amide bonds. The van der Waals surface area contributed by atoms with Gasteiger partial charge in [-0.1, -0.05) is 0 Å². The van der Waals surface area contributed by atoms with E-state index in [-0.39, 0.29) is 0 Å². The van der Waals surface area contributed by atoms with Gasteiger partial charge in [0.1, 0.15) is 0 Å². The average molecular weight is 153 g/mol. The lowest BCUT2D eigenvalue weighted by Crippen LogP contribution is -1.78. The van der Waals surface area contributed by atoms with Crippen molar-refractivity contribution in [3.63, 3.8) is 0 Å². The fraction of sp³-hybridized carbons (Fsp3) is 0.625. The van der Waals surface area contributed by atoms with Crippen LogP contribution in [0.3, 0.4) is 0 Å². The Balaban J connectivity index is 2.40. The van der Waals surface area contributed by atoms with Crippen LogP contribution in [0, 0.1) is 13.8 Å². The molecule has 2 rings (SSSR count). The Kier molecular flexibility index (Phi) is 1.31. The molecule has 1 aliphatic carbocycles. The maximum absolute atomic E-state index is 4.32. The molecule has 1 nitrogen and oxygen atoms in total. The molecule has 0 spiro atoms. The minimum absolute atomic E-state index is 0.881. The third-order valence-corrected chi connectivity index (χ3v) is 3.34.